The van der Waals surface area contributed by atoms with Crippen LogP contribution in [0.5, 0.6) is 0 Å². The maximum absolute atomic E-state index is 12.0. The molecule has 5 nitrogen and oxygen atoms in total. The van der Waals surface area contributed by atoms with Crippen molar-refractivity contribution in [3.8, 4) is 0 Å². The molecule has 0 radical (unpaired) electrons. The number of amidine groups is 1. The predicted molar refractivity (Wildman–Crippen MR) is 90.1 cm³/mol. The summed E-state index contributed by atoms with van der Waals surface area (Å²) in [6.07, 6.45) is 0. The molecule has 0 aliphatic heterocycles. The number of nitrogens with one attached hydrogen (secondary N) is 2. The minimum absolute atomic E-state index is 0.166. The molecule has 1 aromatic heterocycles. The number of hydrogen-bond acceptors (Lipinski definition) is 4. The molecule has 0 saturated heterocycles. The van der Waals surface area contributed by atoms with Gasteiger partial charge in [-0.3, -0.25) is 9.79 Å². The summed E-state index contributed by atoms with van der Waals surface area (Å²) in [5.41, 5.74) is 1.14. The number of hydrogen-bond donors (Lipinski definition) is 2. The van der Waals surface area contributed by atoms with Crippen LogP contribution < -0.4 is 10.6 Å². The summed E-state index contributed by atoms with van der Waals surface area (Å²) in [6.45, 7) is 15.3. The molecule has 1 unspecified atom stereocenters. The molecule has 1 rings (SSSR count). The molecular formula is C15H24N4OS. The van der Waals surface area contributed by atoms with Crippen molar-refractivity contribution in [3.05, 3.63) is 23.9 Å². The zero-order valence-electron chi connectivity index (χ0n) is 13.6. The monoisotopic (exact) mass is 308 g/mol. The Morgan fingerprint density at radius 3 is 2.57 bits per heavy atom. The average molecular weight is 308 g/mol. The Kier molecular flexibility index (Phi) is 5.66. The maximum Gasteiger partial charge on any atom is 0.249 e. The molecule has 0 aliphatic rings. The van der Waals surface area contributed by atoms with Gasteiger partial charge in [0.15, 0.2) is 0 Å². The molecule has 0 aliphatic carbocycles. The van der Waals surface area contributed by atoms with Crippen LogP contribution in [-0.2, 0) is 4.79 Å². The predicted octanol–water partition coefficient (Wildman–Crippen LogP) is 3.14. The SMILES string of the molecule is C=C(C(=O)NC(C)(C)C)C(C)N=C(C)Nc1cc(C)ns1. The van der Waals surface area contributed by atoms with E-state index in [2.05, 4.69) is 26.6 Å². The molecule has 0 bridgehead atoms. The second kappa shape index (κ2) is 6.85. The fraction of sp³-hybridized carbons (Fsp3) is 0.533. The van der Waals surface area contributed by atoms with Gasteiger partial charge in [-0.05, 0) is 59.1 Å². The number of amides is 1. The zero-order valence-corrected chi connectivity index (χ0v) is 14.4. The van der Waals surface area contributed by atoms with Crippen molar-refractivity contribution in [2.24, 2.45) is 4.99 Å². The van der Waals surface area contributed by atoms with Crippen molar-refractivity contribution in [2.45, 2.75) is 53.1 Å². The van der Waals surface area contributed by atoms with E-state index in [9.17, 15) is 4.79 Å². The first-order valence-corrected chi connectivity index (χ1v) is 7.62. The summed E-state index contributed by atoms with van der Waals surface area (Å²) >= 11 is 1.38. The fourth-order valence-corrected chi connectivity index (χ4v) is 2.32. The van der Waals surface area contributed by atoms with Crippen LogP contribution in [0.2, 0.25) is 0 Å². The Hall–Kier alpha value is -1.69. The second-order valence-electron chi connectivity index (χ2n) is 6.08. The minimum atomic E-state index is -0.283. The van der Waals surface area contributed by atoms with Crippen molar-refractivity contribution in [1.82, 2.24) is 9.69 Å². The highest BCUT2D eigenvalue weighted by Crippen LogP contribution is 2.16. The fourth-order valence-electron chi connectivity index (χ4n) is 1.61. The van der Waals surface area contributed by atoms with Gasteiger partial charge in [0.25, 0.3) is 0 Å². The first kappa shape index (κ1) is 17.4. The minimum Gasteiger partial charge on any atom is -0.348 e. The van der Waals surface area contributed by atoms with E-state index in [4.69, 9.17) is 0 Å². The molecule has 21 heavy (non-hydrogen) atoms. The van der Waals surface area contributed by atoms with E-state index in [-0.39, 0.29) is 17.5 Å². The maximum atomic E-state index is 12.0. The summed E-state index contributed by atoms with van der Waals surface area (Å²) in [5, 5.41) is 6.99. The van der Waals surface area contributed by atoms with Gasteiger partial charge in [-0.15, -0.1) is 0 Å². The third kappa shape index (κ3) is 6.08. The highest BCUT2D eigenvalue weighted by molar-refractivity contribution is 7.10. The van der Waals surface area contributed by atoms with Crippen molar-refractivity contribution in [1.29, 1.82) is 0 Å². The molecule has 0 aromatic carbocycles. The Bertz CT molecular complexity index is 554. The van der Waals surface area contributed by atoms with Gasteiger partial charge in [0.2, 0.25) is 5.91 Å². The number of aliphatic imine (C=N–C) groups is 1. The molecule has 2 N–H and O–H groups in total. The van der Waals surface area contributed by atoms with Gasteiger partial charge in [0.1, 0.15) is 5.00 Å². The summed E-state index contributed by atoms with van der Waals surface area (Å²) in [5.74, 6) is 0.566. The van der Waals surface area contributed by atoms with E-state index >= 15 is 0 Å². The van der Waals surface area contributed by atoms with Gasteiger partial charge in [0.05, 0.1) is 17.6 Å². The second-order valence-corrected chi connectivity index (χ2v) is 6.88. The largest absolute Gasteiger partial charge is 0.348 e. The molecule has 1 aromatic rings. The van der Waals surface area contributed by atoms with Gasteiger partial charge in [-0.25, -0.2) is 0 Å². The number of carbonyl (C=O) groups excluding carboxylic acids is 1. The smallest absolute Gasteiger partial charge is 0.249 e. The molecule has 0 saturated carbocycles. The first-order chi connectivity index (χ1) is 9.58. The van der Waals surface area contributed by atoms with Crippen LogP contribution in [-0.4, -0.2) is 27.7 Å². The van der Waals surface area contributed by atoms with Gasteiger partial charge < -0.3 is 10.6 Å². The van der Waals surface area contributed by atoms with E-state index in [1.807, 2.05) is 47.6 Å². The van der Waals surface area contributed by atoms with Crippen molar-refractivity contribution in [2.75, 3.05) is 5.32 Å². The Morgan fingerprint density at radius 1 is 1.48 bits per heavy atom. The van der Waals surface area contributed by atoms with Crippen LogP contribution >= 0.6 is 11.5 Å². The van der Waals surface area contributed by atoms with E-state index in [0.29, 0.717) is 5.57 Å². The van der Waals surface area contributed by atoms with Crippen LogP contribution in [0.1, 0.15) is 40.3 Å². The summed E-state index contributed by atoms with van der Waals surface area (Å²) in [7, 11) is 0. The number of carbonyl (C=O) groups is 1. The topological polar surface area (TPSA) is 66.4 Å². The van der Waals surface area contributed by atoms with E-state index in [0.717, 1.165) is 16.5 Å². The Balaban J connectivity index is 2.65. The van der Waals surface area contributed by atoms with Crippen molar-refractivity contribution >= 4 is 28.3 Å². The molecule has 1 amide bonds. The van der Waals surface area contributed by atoms with E-state index in [1.54, 1.807) is 0 Å². The third-order valence-electron chi connectivity index (χ3n) is 2.60. The standard InChI is InChI=1S/C15H24N4OS/c1-9-8-13(21-19-9)17-12(4)16-11(3)10(2)14(20)18-15(5,6)7/h8,11H,2H2,1,3-7H3,(H,16,17)(H,18,20). The molecule has 0 spiro atoms. The normalized spacial score (nSPS) is 13.7. The Morgan fingerprint density at radius 2 is 2.10 bits per heavy atom. The Labute approximate surface area is 130 Å². The lowest BCUT2D eigenvalue weighted by atomic mass is 10.1. The molecule has 1 heterocycles. The van der Waals surface area contributed by atoms with Crippen LogP contribution in [0.4, 0.5) is 5.00 Å². The number of aromatic nitrogens is 1. The lowest BCUT2D eigenvalue weighted by molar-refractivity contribution is -0.119. The first-order valence-electron chi connectivity index (χ1n) is 6.84. The van der Waals surface area contributed by atoms with E-state index < -0.39 is 0 Å². The van der Waals surface area contributed by atoms with Gasteiger partial charge >= 0.3 is 0 Å². The number of nitrogens with zero attached hydrogens (tertiary/aromatic N) is 2. The molecular weight excluding hydrogens is 284 g/mol. The highest BCUT2D eigenvalue weighted by Gasteiger charge is 2.19. The van der Waals surface area contributed by atoms with Crippen molar-refractivity contribution < 1.29 is 4.79 Å². The molecule has 0 fully saturated rings. The van der Waals surface area contributed by atoms with Gasteiger partial charge in [-0.2, -0.15) is 4.37 Å². The molecule has 1 atom stereocenters. The zero-order chi connectivity index (χ0) is 16.2. The summed E-state index contributed by atoms with van der Waals surface area (Å²) in [4.78, 5) is 16.5. The average Bonchev–Trinajstić information content (AvgIpc) is 2.71. The van der Waals surface area contributed by atoms with Crippen LogP contribution in [0.3, 0.4) is 0 Å². The number of aryl methyl sites for hydroxylation is 1. The highest BCUT2D eigenvalue weighted by atomic mass is 32.1. The van der Waals surface area contributed by atoms with Gasteiger partial charge in [-0.1, -0.05) is 6.58 Å². The third-order valence-corrected chi connectivity index (χ3v) is 3.40. The summed E-state index contributed by atoms with van der Waals surface area (Å²) in [6, 6.07) is 1.67. The quantitative estimate of drug-likeness (QED) is 0.510. The van der Waals surface area contributed by atoms with Gasteiger partial charge in [0, 0.05) is 11.1 Å². The lowest BCUT2D eigenvalue weighted by Gasteiger charge is -2.22. The number of rotatable bonds is 4. The van der Waals surface area contributed by atoms with Crippen LogP contribution in [0.15, 0.2) is 23.2 Å². The molecule has 116 valence electrons. The van der Waals surface area contributed by atoms with Crippen LogP contribution in [0, 0.1) is 6.92 Å². The van der Waals surface area contributed by atoms with Crippen molar-refractivity contribution in [3.63, 3.8) is 0 Å². The summed E-state index contributed by atoms with van der Waals surface area (Å²) < 4.78 is 4.19. The van der Waals surface area contributed by atoms with Crippen LogP contribution in [0.25, 0.3) is 0 Å². The number of anilines is 1. The van der Waals surface area contributed by atoms with E-state index in [1.165, 1.54) is 11.5 Å². The lowest BCUT2D eigenvalue weighted by Crippen LogP contribution is -2.42. The molecule has 6 heteroatoms.